The van der Waals surface area contributed by atoms with Crippen molar-refractivity contribution in [3.05, 3.63) is 12.7 Å². The van der Waals surface area contributed by atoms with Gasteiger partial charge >= 0.3 is 0 Å². The molecule has 2 heterocycles. The second kappa shape index (κ2) is 7.42. The van der Waals surface area contributed by atoms with E-state index in [1.54, 1.807) is 13.1 Å². The molecule has 0 unspecified atom stereocenters. The number of rotatable bonds is 7. The first kappa shape index (κ1) is 17.2. The van der Waals surface area contributed by atoms with Crippen LogP contribution in [0.25, 0.3) is 0 Å². The SMILES string of the molecule is C=CCNc1nnc(SCC(=O)N(C)[C@H]2CCS(=O)(=O)C2)s1. The molecule has 1 aromatic rings. The Morgan fingerprint density at radius 3 is 3.00 bits per heavy atom. The highest BCUT2D eigenvalue weighted by atomic mass is 32.2. The normalized spacial score (nSPS) is 19.8. The topological polar surface area (TPSA) is 92.3 Å². The Labute approximate surface area is 138 Å². The Morgan fingerprint density at radius 1 is 1.59 bits per heavy atom. The van der Waals surface area contributed by atoms with E-state index in [-0.39, 0.29) is 29.2 Å². The Hall–Kier alpha value is -1.13. The first-order valence-electron chi connectivity index (χ1n) is 6.68. The van der Waals surface area contributed by atoms with E-state index in [2.05, 4.69) is 22.1 Å². The third-order valence-electron chi connectivity index (χ3n) is 3.27. The van der Waals surface area contributed by atoms with Crippen molar-refractivity contribution < 1.29 is 13.2 Å². The molecule has 2 rings (SSSR count). The van der Waals surface area contributed by atoms with Crippen LogP contribution in [0.1, 0.15) is 6.42 Å². The van der Waals surface area contributed by atoms with Crippen LogP contribution in [0.4, 0.5) is 5.13 Å². The van der Waals surface area contributed by atoms with E-state index >= 15 is 0 Å². The molecular formula is C12H18N4O3S3. The third kappa shape index (κ3) is 4.68. The fourth-order valence-electron chi connectivity index (χ4n) is 2.01. The summed E-state index contributed by atoms with van der Waals surface area (Å²) in [7, 11) is -1.33. The molecule has 0 aliphatic carbocycles. The maximum Gasteiger partial charge on any atom is 0.233 e. The monoisotopic (exact) mass is 362 g/mol. The van der Waals surface area contributed by atoms with Crippen molar-refractivity contribution in [2.45, 2.75) is 16.8 Å². The minimum Gasteiger partial charge on any atom is -0.357 e. The van der Waals surface area contributed by atoms with E-state index in [0.717, 1.165) is 0 Å². The number of hydrogen-bond acceptors (Lipinski definition) is 8. The Kier molecular flexibility index (Phi) is 5.81. The fraction of sp³-hybridized carbons (Fsp3) is 0.583. The van der Waals surface area contributed by atoms with Crippen molar-refractivity contribution in [1.29, 1.82) is 0 Å². The van der Waals surface area contributed by atoms with Crippen molar-refractivity contribution in [1.82, 2.24) is 15.1 Å². The Bertz CT molecular complexity index is 644. The number of carbonyl (C=O) groups excluding carboxylic acids is 1. The average molecular weight is 363 g/mol. The minimum absolute atomic E-state index is 0.0638. The van der Waals surface area contributed by atoms with Crippen LogP contribution in [0.2, 0.25) is 0 Å². The first-order valence-corrected chi connectivity index (χ1v) is 10.3. The standard InChI is InChI=1S/C12H18N4O3S3/c1-3-5-13-11-14-15-12(21-11)20-7-10(17)16(2)9-4-6-22(18,19)8-9/h3,9H,1,4-8H2,2H3,(H,13,14)/t9-/m0/s1. The molecule has 1 aliphatic rings. The summed E-state index contributed by atoms with van der Waals surface area (Å²) in [6, 6.07) is -0.211. The summed E-state index contributed by atoms with van der Waals surface area (Å²) in [4.78, 5) is 13.7. The minimum atomic E-state index is -2.98. The van der Waals surface area contributed by atoms with Gasteiger partial charge in [0, 0.05) is 19.6 Å². The van der Waals surface area contributed by atoms with Crippen LogP contribution >= 0.6 is 23.1 Å². The third-order valence-corrected chi connectivity index (χ3v) is 7.02. The number of aromatic nitrogens is 2. The van der Waals surface area contributed by atoms with Crippen molar-refractivity contribution in [2.75, 3.05) is 36.2 Å². The molecular weight excluding hydrogens is 344 g/mol. The van der Waals surface area contributed by atoms with Crippen LogP contribution in [-0.4, -0.2) is 66.3 Å². The summed E-state index contributed by atoms with van der Waals surface area (Å²) < 4.78 is 23.6. The highest BCUT2D eigenvalue weighted by Gasteiger charge is 2.32. The largest absolute Gasteiger partial charge is 0.357 e. The van der Waals surface area contributed by atoms with Crippen molar-refractivity contribution in [3.63, 3.8) is 0 Å². The van der Waals surface area contributed by atoms with Gasteiger partial charge in [-0.05, 0) is 6.42 Å². The van der Waals surface area contributed by atoms with Crippen LogP contribution in [0.15, 0.2) is 17.0 Å². The molecule has 0 saturated carbocycles. The van der Waals surface area contributed by atoms with Gasteiger partial charge in [-0.2, -0.15) is 0 Å². The van der Waals surface area contributed by atoms with E-state index in [1.807, 2.05) is 0 Å². The molecule has 0 aromatic carbocycles. The van der Waals surface area contributed by atoms with E-state index in [0.29, 0.717) is 22.4 Å². The highest BCUT2D eigenvalue weighted by Crippen LogP contribution is 2.26. The summed E-state index contributed by atoms with van der Waals surface area (Å²) in [5.41, 5.74) is 0. The molecule has 0 radical (unpaired) electrons. The number of amides is 1. The molecule has 1 saturated heterocycles. The fourth-order valence-corrected chi connectivity index (χ4v) is 5.47. The van der Waals surface area contributed by atoms with Crippen LogP contribution in [-0.2, 0) is 14.6 Å². The predicted molar refractivity (Wildman–Crippen MR) is 89.1 cm³/mol. The molecule has 1 atom stereocenters. The number of nitrogens with one attached hydrogen (secondary N) is 1. The molecule has 1 aromatic heterocycles. The van der Waals surface area contributed by atoms with Crippen molar-refractivity contribution >= 4 is 44.0 Å². The Morgan fingerprint density at radius 2 is 2.36 bits per heavy atom. The number of hydrogen-bond donors (Lipinski definition) is 1. The molecule has 0 bridgehead atoms. The maximum absolute atomic E-state index is 12.1. The summed E-state index contributed by atoms with van der Waals surface area (Å²) >= 11 is 2.68. The summed E-state index contributed by atoms with van der Waals surface area (Å²) in [6.45, 7) is 4.21. The van der Waals surface area contributed by atoms with Crippen LogP contribution in [0.5, 0.6) is 0 Å². The number of nitrogens with zero attached hydrogens (tertiary/aromatic N) is 3. The van der Waals surface area contributed by atoms with Crippen LogP contribution in [0, 0.1) is 0 Å². The van der Waals surface area contributed by atoms with Gasteiger partial charge in [0.05, 0.1) is 17.3 Å². The quantitative estimate of drug-likeness (QED) is 0.568. The molecule has 122 valence electrons. The van der Waals surface area contributed by atoms with E-state index in [9.17, 15) is 13.2 Å². The van der Waals surface area contributed by atoms with Gasteiger partial charge in [-0.25, -0.2) is 8.42 Å². The lowest BCUT2D eigenvalue weighted by Crippen LogP contribution is -2.38. The number of carbonyl (C=O) groups is 1. The van der Waals surface area contributed by atoms with Gasteiger partial charge in [-0.15, -0.1) is 16.8 Å². The molecule has 7 nitrogen and oxygen atoms in total. The van der Waals surface area contributed by atoms with Gasteiger partial charge in [-0.1, -0.05) is 29.2 Å². The Balaban J connectivity index is 1.82. The average Bonchev–Trinajstić information content (AvgIpc) is 3.08. The molecule has 1 amide bonds. The van der Waals surface area contributed by atoms with E-state index < -0.39 is 9.84 Å². The smallest absolute Gasteiger partial charge is 0.233 e. The predicted octanol–water partition coefficient (Wildman–Crippen LogP) is 0.874. The van der Waals surface area contributed by atoms with Gasteiger partial charge in [-0.3, -0.25) is 4.79 Å². The molecule has 1 fully saturated rings. The first-order chi connectivity index (χ1) is 10.4. The lowest BCUT2D eigenvalue weighted by molar-refractivity contribution is -0.128. The van der Waals surface area contributed by atoms with Crippen molar-refractivity contribution in [2.24, 2.45) is 0 Å². The molecule has 1 aliphatic heterocycles. The zero-order valence-corrected chi connectivity index (χ0v) is 14.6. The van der Waals surface area contributed by atoms with Gasteiger partial charge in [0.1, 0.15) is 0 Å². The van der Waals surface area contributed by atoms with Gasteiger partial charge in [0.2, 0.25) is 11.0 Å². The molecule has 0 spiro atoms. The maximum atomic E-state index is 12.1. The number of anilines is 1. The lowest BCUT2D eigenvalue weighted by atomic mass is 10.2. The number of sulfone groups is 1. The lowest BCUT2D eigenvalue weighted by Gasteiger charge is -2.22. The zero-order valence-electron chi connectivity index (χ0n) is 12.2. The number of thioether (sulfide) groups is 1. The second-order valence-electron chi connectivity index (χ2n) is 4.89. The molecule has 22 heavy (non-hydrogen) atoms. The van der Waals surface area contributed by atoms with Crippen LogP contribution in [0.3, 0.4) is 0 Å². The molecule has 1 N–H and O–H groups in total. The molecule has 10 heteroatoms. The highest BCUT2D eigenvalue weighted by molar-refractivity contribution is 8.01. The zero-order chi connectivity index (χ0) is 16.2. The van der Waals surface area contributed by atoms with Gasteiger partial charge < -0.3 is 10.2 Å². The van der Waals surface area contributed by atoms with Gasteiger partial charge in [0.25, 0.3) is 0 Å². The van der Waals surface area contributed by atoms with E-state index in [1.165, 1.54) is 28.0 Å². The second-order valence-corrected chi connectivity index (χ2v) is 9.32. The summed E-state index contributed by atoms with van der Waals surface area (Å²) in [5.74, 6) is 0.358. The summed E-state index contributed by atoms with van der Waals surface area (Å²) in [5, 5.41) is 11.7. The van der Waals surface area contributed by atoms with Gasteiger partial charge in [0.15, 0.2) is 14.2 Å². The summed E-state index contributed by atoms with van der Waals surface area (Å²) in [6.07, 6.45) is 2.24. The van der Waals surface area contributed by atoms with E-state index in [4.69, 9.17) is 0 Å². The van der Waals surface area contributed by atoms with Crippen LogP contribution < -0.4 is 5.32 Å². The van der Waals surface area contributed by atoms with Crippen molar-refractivity contribution in [3.8, 4) is 0 Å².